The van der Waals surface area contributed by atoms with Crippen LogP contribution < -0.4 is 0 Å². The molecular weight excluding hydrogens is 168 g/mol. The van der Waals surface area contributed by atoms with Crippen LogP contribution in [0.4, 0.5) is 0 Å². The maximum Gasteiger partial charge on any atom is 0.0465 e. The van der Waals surface area contributed by atoms with Crippen LogP contribution in [0, 0.1) is 0 Å². The molecule has 0 fully saturated rings. The maximum atomic E-state index is 8.53. The van der Waals surface area contributed by atoms with Crippen molar-refractivity contribution in [1.29, 1.82) is 0 Å². The van der Waals surface area contributed by atoms with Crippen LogP contribution in [0.3, 0.4) is 0 Å². The highest BCUT2D eigenvalue weighted by atomic mass is 32.1. The smallest absolute Gasteiger partial charge is 0.0465 e. The van der Waals surface area contributed by atoms with Gasteiger partial charge in [0.05, 0.1) is 0 Å². The van der Waals surface area contributed by atoms with E-state index in [1.807, 2.05) is 36.4 Å². The third-order valence-corrected chi connectivity index (χ3v) is 1.75. The van der Waals surface area contributed by atoms with Gasteiger partial charge < -0.3 is 5.11 Å². The van der Waals surface area contributed by atoms with E-state index in [1.165, 1.54) is 0 Å². The van der Waals surface area contributed by atoms with Gasteiger partial charge in [-0.1, -0.05) is 24.3 Å². The van der Waals surface area contributed by atoms with Gasteiger partial charge in [0.15, 0.2) is 0 Å². The number of aliphatic hydroxyl groups excluding tert-OH is 1. The topological polar surface area (TPSA) is 20.2 Å². The summed E-state index contributed by atoms with van der Waals surface area (Å²) >= 11 is 4.22. The lowest BCUT2D eigenvalue weighted by Gasteiger charge is -1.93. The van der Waals surface area contributed by atoms with Crippen molar-refractivity contribution >= 4 is 18.7 Å². The Bertz CT molecular complexity index is 268. The van der Waals surface area contributed by atoms with Gasteiger partial charge in [0.2, 0.25) is 0 Å². The molecule has 64 valence electrons. The van der Waals surface area contributed by atoms with Crippen LogP contribution in [0.2, 0.25) is 0 Å². The lowest BCUT2D eigenvalue weighted by molar-refractivity contribution is 0.303. The highest BCUT2D eigenvalue weighted by Gasteiger charge is 1.86. The highest BCUT2D eigenvalue weighted by Crippen LogP contribution is 2.10. The minimum absolute atomic E-state index is 0.205. The average Bonchev–Trinajstić information content (AvgIpc) is 2.05. The first kappa shape index (κ1) is 9.36. The third kappa shape index (κ3) is 3.11. The monoisotopic (exact) mass is 180 g/mol. The average molecular weight is 180 g/mol. The molecule has 1 rings (SSSR count). The fraction of sp³-hybridized carbons (Fsp3) is 0.200. The molecule has 0 aliphatic carbocycles. The van der Waals surface area contributed by atoms with Gasteiger partial charge in [-0.25, -0.2) is 0 Å². The zero-order valence-corrected chi connectivity index (χ0v) is 7.67. The second-order valence-corrected chi connectivity index (χ2v) is 3.03. The fourth-order valence-corrected chi connectivity index (χ4v) is 1.16. The molecular formula is C10H12OS. The molecule has 2 heteroatoms. The standard InChI is InChI=1S/C10H12OS/c11-7-2-1-4-9-5-3-6-10(12)8-9/h1,3-6,8,11-12H,2,7H2. The van der Waals surface area contributed by atoms with E-state index in [0.717, 1.165) is 10.5 Å². The van der Waals surface area contributed by atoms with Crippen molar-refractivity contribution in [2.45, 2.75) is 11.3 Å². The number of benzene rings is 1. The lowest BCUT2D eigenvalue weighted by Crippen LogP contribution is -1.76. The van der Waals surface area contributed by atoms with Crippen molar-refractivity contribution < 1.29 is 5.11 Å². The molecule has 0 radical (unpaired) electrons. The van der Waals surface area contributed by atoms with E-state index in [4.69, 9.17) is 5.11 Å². The molecule has 0 saturated heterocycles. The summed E-state index contributed by atoms with van der Waals surface area (Å²) in [5.41, 5.74) is 1.12. The molecule has 0 aromatic heterocycles. The van der Waals surface area contributed by atoms with Crippen LogP contribution in [-0.2, 0) is 0 Å². The van der Waals surface area contributed by atoms with Crippen molar-refractivity contribution in [2.24, 2.45) is 0 Å². The molecule has 0 aliphatic rings. The van der Waals surface area contributed by atoms with Gasteiger partial charge in [0.25, 0.3) is 0 Å². The summed E-state index contributed by atoms with van der Waals surface area (Å²) in [5, 5.41) is 8.53. The maximum absolute atomic E-state index is 8.53. The van der Waals surface area contributed by atoms with E-state index in [-0.39, 0.29) is 6.61 Å². The van der Waals surface area contributed by atoms with E-state index in [2.05, 4.69) is 12.6 Å². The molecule has 1 N–H and O–H groups in total. The quantitative estimate of drug-likeness (QED) is 0.684. The van der Waals surface area contributed by atoms with Crippen LogP contribution in [0.5, 0.6) is 0 Å². The SMILES string of the molecule is OCCC=Cc1cccc(S)c1. The highest BCUT2D eigenvalue weighted by molar-refractivity contribution is 7.80. The number of rotatable bonds is 3. The summed E-state index contributed by atoms with van der Waals surface area (Å²) in [4.78, 5) is 0.959. The molecule has 0 bridgehead atoms. The summed E-state index contributed by atoms with van der Waals surface area (Å²) in [7, 11) is 0. The Morgan fingerprint density at radius 1 is 1.42 bits per heavy atom. The molecule has 0 saturated carbocycles. The molecule has 1 aromatic rings. The predicted octanol–water partition coefficient (Wildman–Crippen LogP) is 2.37. The molecule has 12 heavy (non-hydrogen) atoms. The third-order valence-electron chi connectivity index (χ3n) is 1.48. The van der Waals surface area contributed by atoms with E-state index in [0.29, 0.717) is 6.42 Å². The predicted molar refractivity (Wildman–Crippen MR) is 54.4 cm³/mol. The van der Waals surface area contributed by atoms with Crippen molar-refractivity contribution in [3.8, 4) is 0 Å². The first-order chi connectivity index (χ1) is 5.83. The number of aliphatic hydroxyl groups is 1. The summed E-state index contributed by atoms with van der Waals surface area (Å²) in [6.07, 6.45) is 4.63. The summed E-state index contributed by atoms with van der Waals surface area (Å²) in [6, 6.07) is 7.89. The molecule has 1 nitrogen and oxygen atoms in total. The summed E-state index contributed by atoms with van der Waals surface area (Å²) in [5.74, 6) is 0. The number of hydrogen-bond acceptors (Lipinski definition) is 2. The normalized spacial score (nSPS) is 10.8. The lowest BCUT2D eigenvalue weighted by atomic mass is 10.2. The van der Waals surface area contributed by atoms with E-state index in [9.17, 15) is 0 Å². The second kappa shape index (κ2) is 5.01. The van der Waals surface area contributed by atoms with Crippen molar-refractivity contribution in [2.75, 3.05) is 6.61 Å². The second-order valence-electron chi connectivity index (χ2n) is 2.51. The van der Waals surface area contributed by atoms with Gasteiger partial charge in [-0.15, -0.1) is 12.6 Å². The van der Waals surface area contributed by atoms with Gasteiger partial charge >= 0.3 is 0 Å². The number of hydrogen-bond donors (Lipinski definition) is 2. The molecule has 0 unspecified atom stereocenters. The Balaban J connectivity index is 2.63. The van der Waals surface area contributed by atoms with Gasteiger partial charge in [-0.3, -0.25) is 0 Å². The molecule has 1 aromatic carbocycles. The molecule has 0 spiro atoms. The zero-order valence-electron chi connectivity index (χ0n) is 6.77. The van der Waals surface area contributed by atoms with Gasteiger partial charge in [-0.05, 0) is 24.1 Å². The van der Waals surface area contributed by atoms with Crippen molar-refractivity contribution in [3.05, 3.63) is 35.9 Å². The van der Waals surface area contributed by atoms with Gasteiger partial charge in [0.1, 0.15) is 0 Å². The Kier molecular flexibility index (Phi) is 3.91. The van der Waals surface area contributed by atoms with Crippen LogP contribution in [0.15, 0.2) is 35.2 Å². The Morgan fingerprint density at radius 3 is 2.92 bits per heavy atom. The van der Waals surface area contributed by atoms with E-state index >= 15 is 0 Å². The summed E-state index contributed by atoms with van der Waals surface area (Å²) in [6.45, 7) is 0.205. The minimum Gasteiger partial charge on any atom is -0.396 e. The van der Waals surface area contributed by atoms with Crippen molar-refractivity contribution in [1.82, 2.24) is 0 Å². The first-order valence-electron chi connectivity index (χ1n) is 3.89. The molecule has 0 aliphatic heterocycles. The van der Waals surface area contributed by atoms with Crippen LogP contribution in [0.1, 0.15) is 12.0 Å². The largest absolute Gasteiger partial charge is 0.396 e. The van der Waals surface area contributed by atoms with Gasteiger partial charge in [0, 0.05) is 11.5 Å². The number of thiol groups is 1. The molecule has 0 amide bonds. The first-order valence-corrected chi connectivity index (χ1v) is 4.34. The Morgan fingerprint density at radius 2 is 2.25 bits per heavy atom. The Labute approximate surface area is 78.2 Å². The van der Waals surface area contributed by atoms with Crippen LogP contribution >= 0.6 is 12.6 Å². The van der Waals surface area contributed by atoms with Crippen LogP contribution in [-0.4, -0.2) is 11.7 Å². The minimum atomic E-state index is 0.205. The van der Waals surface area contributed by atoms with Crippen LogP contribution in [0.25, 0.3) is 6.08 Å². The summed E-state index contributed by atoms with van der Waals surface area (Å²) < 4.78 is 0. The van der Waals surface area contributed by atoms with E-state index < -0.39 is 0 Å². The molecule has 0 heterocycles. The van der Waals surface area contributed by atoms with E-state index in [1.54, 1.807) is 0 Å². The fourth-order valence-electron chi connectivity index (χ4n) is 0.922. The molecule has 0 atom stereocenters. The van der Waals surface area contributed by atoms with Gasteiger partial charge in [-0.2, -0.15) is 0 Å². The Hall–Kier alpha value is -0.730. The van der Waals surface area contributed by atoms with Crippen molar-refractivity contribution in [3.63, 3.8) is 0 Å². The zero-order chi connectivity index (χ0) is 8.81.